The molecule has 0 unspecified atom stereocenters. The molecule has 0 aliphatic heterocycles. The maximum Gasteiger partial charge on any atom is 0.340 e. The fourth-order valence-corrected chi connectivity index (χ4v) is 2.34. The molecule has 0 saturated heterocycles. The molecule has 1 aromatic carbocycles. The molecule has 0 fully saturated rings. The minimum Gasteiger partial charge on any atom is -0.465 e. The lowest BCUT2D eigenvalue weighted by Crippen LogP contribution is -2.01. The Hall–Kier alpha value is -2.62. The number of pyridine rings is 1. The van der Waals surface area contributed by atoms with E-state index in [-0.39, 0.29) is 5.97 Å². The maximum absolute atomic E-state index is 12.0. The number of esters is 1. The molecule has 4 heteroatoms. The summed E-state index contributed by atoms with van der Waals surface area (Å²) in [4.78, 5) is 22.8. The molecule has 0 aliphatic carbocycles. The number of ether oxygens (including phenoxy) is 1. The Labute approximate surface area is 109 Å². The van der Waals surface area contributed by atoms with Gasteiger partial charge in [-0.15, -0.1) is 0 Å². The summed E-state index contributed by atoms with van der Waals surface area (Å²) in [5.74, 6) is -0.377. The van der Waals surface area contributed by atoms with Crippen molar-refractivity contribution >= 4 is 28.7 Å². The number of para-hydroxylation sites is 1. The van der Waals surface area contributed by atoms with Crippen molar-refractivity contribution in [3.63, 3.8) is 0 Å². The van der Waals surface area contributed by atoms with Crippen LogP contribution in [0.1, 0.15) is 20.7 Å². The smallest absolute Gasteiger partial charge is 0.340 e. The summed E-state index contributed by atoms with van der Waals surface area (Å²) in [6, 6.07) is 11.0. The molecular formula is C15H11NO3. The highest BCUT2D eigenvalue weighted by Gasteiger charge is 2.18. The Morgan fingerprint density at radius 2 is 1.95 bits per heavy atom. The average molecular weight is 253 g/mol. The normalized spacial score (nSPS) is 10.8. The molecule has 0 amide bonds. The maximum atomic E-state index is 12.0. The third kappa shape index (κ3) is 1.61. The Morgan fingerprint density at radius 1 is 1.16 bits per heavy atom. The van der Waals surface area contributed by atoms with Gasteiger partial charge in [-0.3, -0.25) is 4.79 Å². The largest absolute Gasteiger partial charge is 0.465 e. The van der Waals surface area contributed by atoms with Crippen molar-refractivity contribution in [1.82, 2.24) is 4.40 Å². The second-order valence-corrected chi connectivity index (χ2v) is 4.22. The summed E-state index contributed by atoms with van der Waals surface area (Å²) in [6.07, 6.45) is 2.50. The number of benzene rings is 1. The van der Waals surface area contributed by atoms with Crippen LogP contribution in [0.15, 0.2) is 42.6 Å². The van der Waals surface area contributed by atoms with Crippen molar-refractivity contribution in [3.05, 3.63) is 53.7 Å². The van der Waals surface area contributed by atoms with Gasteiger partial charge in [0.2, 0.25) is 0 Å². The van der Waals surface area contributed by atoms with Gasteiger partial charge in [-0.25, -0.2) is 4.79 Å². The molecule has 0 spiro atoms. The number of methoxy groups -OCH3 is 1. The van der Waals surface area contributed by atoms with E-state index < -0.39 is 0 Å². The molecular weight excluding hydrogens is 242 g/mol. The van der Waals surface area contributed by atoms with Crippen LogP contribution in [-0.4, -0.2) is 23.8 Å². The fourth-order valence-electron chi connectivity index (χ4n) is 2.34. The molecule has 2 heterocycles. The molecule has 0 aliphatic rings. The van der Waals surface area contributed by atoms with Crippen molar-refractivity contribution < 1.29 is 14.3 Å². The van der Waals surface area contributed by atoms with Crippen molar-refractivity contribution in [1.29, 1.82) is 0 Å². The van der Waals surface area contributed by atoms with Gasteiger partial charge in [-0.2, -0.15) is 0 Å². The van der Waals surface area contributed by atoms with Crippen LogP contribution in [0.5, 0.6) is 0 Å². The molecule has 0 N–H and O–H groups in total. The van der Waals surface area contributed by atoms with Gasteiger partial charge in [0.15, 0.2) is 6.29 Å². The lowest BCUT2D eigenvalue weighted by atomic mass is 10.1. The topological polar surface area (TPSA) is 47.8 Å². The van der Waals surface area contributed by atoms with Gasteiger partial charge >= 0.3 is 5.97 Å². The molecule has 3 aromatic rings. The van der Waals surface area contributed by atoms with E-state index in [1.54, 1.807) is 18.3 Å². The van der Waals surface area contributed by atoms with Crippen LogP contribution in [0.25, 0.3) is 16.4 Å². The van der Waals surface area contributed by atoms with Gasteiger partial charge in [0.25, 0.3) is 0 Å². The summed E-state index contributed by atoms with van der Waals surface area (Å²) in [7, 11) is 1.36. The highest BCUT2D eigenvalue weighted by Crippen LogP contribution is 2.27. The zero-order valence-corrected chi connectivity index (χ0v) is 10.3. The Bertz CT molecular complexity index is 802. The highest BCUT2D eigenvalue weighted by molar-refractivity contribution is 6.11. The van der Waals surface area contributed by atoms with Gasteiger partial charge in [0.1, 0.15) is 0 Å². The SMILES string of the molecule is COC(=O)c1c2ccccc2n2cc(C=O)ccc12. The second kappa shape index (κ2) is 4.24. The molecule has 2 aromatic heterocycles. The summed E-state index contributed by atoms with van der Waals surface area (Å²) < 4.78 is 6.68. The van der Waals surface area contributed by atoms with E-state index in [1.165, 1.54) is 7.11 Å². The fraction of sp³-hybridized carbons (Fsp3) is 0.0667. The minimum absolute atomic E-state index is 0.377. The summed E-state index contributed by atoms with van der Waals surface area (Å²) in [5, 5.41) is 0.817. The molecule has 94 valence electrons. The summed E-state index contributed by atoms with van der Waals surface area (Å²) in [5.41, 5.74) is 2.69. The van der Waals surface area contributed by atoms with Crippen LogP contribution >= 0.6 is 0 Å². The lowest BCUT2D eigenvalue weighted by molar-refractivity contribution is 0.0605. The summed E-state index contributed by atoms with van der Waals surface area (Å²) >= 11 is 0. The van der Waals surface area contributed by atoms with E-state index in [1.807, 2.05) is 28.7 Å². The Kier molecular flexibility index (Phi) is 2.56. The monoisotopic (exact) mass is 253 g/mol. The van der Waals surface area contributed by atoms with Gasteiger partial charge < -0.3 is 9.14 Å². The van der Waals surface area contributed by atoms with Crippen LogP contribution in [0.4, 0.5) is 0 Å². The van der Waals surface area contributed by atoms with Crippen LogP contribution in [-0.2, 0) is 4.74 Å². The Morgan fingerprint density at radius 3 is 2.68 bits per heavy atom. The van der Waals surface area contributed by atoms with E-state index in [0.29, 0.717) is 11.1 Å². The molecule has 3 rings (SSSR count). The van der Waals surface area contributed by atoms with Gasteiger partial charge in [0, 0.05) is 17.1 Å². The van der Waals surface area contributed by atoms with Crippen molar-refractivity contribution in [2.75, 3.05) is 7.11 Å². The van der Waals surface area contributed by atoms with Crippen LogP contribution < -0.4 is 0 Å². The predicted octanol–water partition coefficient (Wildman–Crippen LogP) is 2.69. The standard InChI is InChI=1S/C15H11NO3/c1-19-15(18)14-11-4-2-3-5-12(11)16-8-10(9-17)6-7-13(14)16/h2-9H,1H3. The number of hydrogen-bond donors (Lipinski definition) is 0. The average Bonchev–Trinajstić information content (AvgIpc) is 2.80. The number of carbonyl (C=O) groups is 2. The number of hydrogen-bond acceptors (Lipinski definition) is 3. The third-order valence-electron chi connectivity index (χ3n) is 3.19. The quantitative estimate of drug-likeness (QED) is 0.521. The van der Waals surface area contributed by atoms with Crippen molar-refractivity contribution in [3.8, 4) is 0 Å². The molecule has 4 nitrogen and oxygen atoms in total. The zero-order chi connectivity index (χ0) is 13.4. The van der Waals surface area contributed by atoms with Gasteiger partial charge in [-0.05, 0) is 18.2 Å². The van der Waals surface area contributed by atoms with Crippen LogP contribution in [0.2, 0.25) is 0 Å². The van der Waals surface area contributed by atoms with E-state index in [9.17, 15) is 9.59 Å². The molecule has 0 radical (unpaired) electrons. The number of nitrogens with zero attached hydrogens (tertiary/aromatic N) is 1. The first-order valence-corrected chi connectivity index (χ1v) is 5.82. The molecule has 0 bridgehead atoms. The van der Waals surface area contributed by atoms with Gasteiger partial charge in [-0.1, -0.05) is 18.2 Å². The Balaban J connectivity index is 2.51. The third-order valence-corrected chi connectivity index (χ3v) is 3.19. The highest BCUT2D eigenvalue weighted by atomic mass is 16.5. The zero-order valence-electron chi connectivity index (χ0n) is 10.3. The first-order valence-electron chi connectivity index (χ1n) is 5.82. The second-order valence-electron chi connectivity index (χ2n) is 4.22. The first kappa shape index (κ1) is 11.5. The number of aldehydes is 1. The minimum atomic E-state index is -0.377. The van der Waals surface area contributed by atoms with E-state index in [0.717, 1.165) is 22.7 Å². The molecule has 0 atom stereocenters. The molecule has 19 heavy (non-hydrogen) atoms. The van der Waals surface area contributed by atoms with E-state index in [4.69, 9.17) is 4.74 Å². The van der Waals surface area contributed by atoms with E-state index in [2.05, 4.69) is 0 Å². The predicted molar refractivity (Wildman–Crippen MR) is 71.6 cm³/mol. The number of aromatic nitrogens is 1. The number of carbonyl (C=O) groups excluding carboxylic acids is 2. The number of rotatable bonds is 2. The van der Waals surface area contributed by atoms with E-state index >= 15 is 0 Å². The molecule has 0 saturated carbocycles. The van der Waals surface area contributed by atoms with Crippen molar-refractivity contribution in [2.24, 2.45) is 0 Å². The lowest BCUT2D eigenvalue weighted by Gasteiger charge is -1.99. The van der Waals surface area contributed by atoms with Crippen LogP contribution in [0.3, 0.4) is 0 Å². The van der Waals surface area contributed by atoms with Gasteiger partial charge in [0.05, 0.1) is 23.7 Å². The first-order chi connectivity index (χ1) is 9.26. The van der Waals surface area contributed by atoms with Crippen LogP contribution in [0, 0.1) is 0 Å². The number of fused-ring (bicyclic) bond motifs is 3. The van der Waals surface area contributed by atoms with Crippen molar-refractivity contribution in [2.45, 2.75) is 0 Å². The summed E-state index contributed by atoms with van der Waals surface area (Å²) in [6.45, 7) is 0.